The lowest BCUT2D eigenvalue weighted by atomic mass is 10.1. The molecule has 0 bridgehead atoms. The van der Waals surface area contributed by atoms with E-state index in [2.05, 4.69) is 5.32 Å². The molecule has 1 aromatic heterocycles. The summed E-state index contributed by atoms with van der Waals surface area (Å²) < 4.78 is 40.6. The summed E-state index contributed by atoms with van der Waals surface area (Å²) in [4.78, 5) is 23.0. The quantitative estimate of drug-likeness (QED) is 0.561. The molecule has 1 amide bonds. The summed E-state index contributed by atoms with van der Waals surface area (Å²) in [6.07, 6.45) is 4.20. The van der Waals surface area contributed by atoms with Crippen molar-refractivity contribution in [2.45, 2.75) is 5.66 Å². The molecule has 3 rings (SSSR count). The van der Waals surface area contributed by atoms with Crippen LogP contribution in [0.3, 0.4) is 0 Å². The first-order valence-corrected chi connectivity index (χ1v) is 11.1. The predicted octanol–water partition coefficient (Wildman–Crippen LogP) is 4.84. The first-order valence-electron chi connectivity index (χ1n) is 8.54. The number of aromatic nitrogens is 1. The summed E-state index contributed by atoms with van der Waals surface area (Å²) >= 11 is 6.06. The van der Waals surface area contributed by atoms with Gasteiger partial charge in [0.05, 0.1) is 0 Å². The zero-order chi connectivity index (χ0) is 21.3. The molecule has 0 fully saturated rings. The van der Waals surface area contributed by atoms with Crippen LogP contribution < -0.4 is 5.32 Å². The van der Waals surface area contributed by atoms with Crippen molar-refractivity contribution in [1.82, 2.24) is 9.88 Å². The van der Waals surface area contributed by atoms with Gasteiger partial charge < -0.3 is 14.8 Å². The normalized spacial score (nSPS) is 14.8. The molecule has 29 heavy (non-hydrogen) atoms. The van der Waals surface area contributed by atoms with Crippen LogP contribution >= 0.6 is 19.0 Å². The van der Waals surface area contributed by atoms with Crippen LogP contribution in [0.25, 0.3) is 17.0 Å². The van der Waals surface area contributed by atoms with Gasteiger partial charge in [0, 0.05) is 42.0 Å². The fourth-order valence-corrected chi connectivity index (χ4v) is 4.55. The fourth-order valence-electron chi connectivity index (χ4n) is 3.14. The van der Waals surface area contributed by atoms with Crippen LogP contribution in [0.1, 0.15) is 16.8 Å². The lowest BCUT2D eigenvalue weighted by molar-refractivity contribution is -0.120. The molecule has 152 valence electrons. The maximum Gasteiger partial charge on any atom is 0.241 e. The largest absolute Gasteiger partial charge is 0.350 e. The second kappa shape index (κ2) is 8.11. The zero-order valence-electron chi connectivity index (χ0n) is 15.6. The van der Waals surface area contributed by atoms with E-state index < -0.39 is 30.6 Å². The number of fused-ring (bicyclic) bond motifs is 1. The Morgan fingerprint density at radius 3 is 2.62 bits per heavy atom. The van der Waals surface area contributed by atoms with Crippen LogP contribution in [0.5, 0.6) is 0 Å². The van der Waals surface area contributed by atoms with Gasteiger partial charge in [-0.1, -0.05) is 17.7 Å². The van der Waals surface area contributed by atoms with Gasteiger partial charge in [-0.3, -0.25) is 9.36 Å². The Kier molecular flexibility index (Phi) is 5.94. The summed E-state index contributed by atoms with van der Waals surface area (Å²) in [5.41, 5.74) is 0.116. The number of hydrogen-bond acceptors (Lipinski definition) is 2. The average Bonchev–Trinajstić information content (AvgIpc) is 2.92. The lowest BCUT2D eigenvalue weighted by Crippen LogP contribution is -2.25. The first-order chi connectivity index (χ1) is 13.6. The number of nitrogens with zero attached hydrogens (tertiary/aromatic N) is 1. The number of hydrogen-bond donors (Lipinski definition) is 2. The molecule has 2 aromatic carbocycles. The molecule has 0 saturated carbocycles. The monoisotopic (exact) mass is 437 g/mol. The van der Waals surface area contributed by atoms with E-state index in [4.69, 9.17) is 11.6 Å². The number of nitrogens with one attached hydrogen (secondary N) is 1. The molecular weight excluding hydrogens is 420 g/mol. The van der Waals surface area contributed by atoms with E-state index in [0.717, 1.165) is 24.3 Å². The van der Waals surface area contributed by atoms with Crippen LogP contribution in [0.15, 0.2) is 48.8 Å². The maximum atomic E-state index is 13.3. The highest BCUT2D eigenvalue weighted by atomic mass is 35.5. The summed E-state index contributed by atoms with van der Waals surface area (Å²) in [6.45, 7) is 1.11. The molecule has 2 N–H and O–H groups in total. The SMILES string of the molecule is Cn1cc(C(C(=O)N/C=C/c2ccc([18F])c(F)c2)P(C)(=O)O)c2cc(Cl)ccc21. The van der Waals surface area contributed by atoms with Crippen molar-refractivity contribution in [3.05, 3.63) is 76.6 Å². The summed E-state index contributed by atoms with van der Waals surface area (Å²) in [5.74, 6) is -2.70. The summed E-state index contributed by atoms with van der Waals surface area (Å²) in [5, 5.41) is 3.48. The third kappa shape index (κ3) is 4.58. The third-order valence-electron chi connectivity index (χ3n) is 4.45. The second-order valence-corrected chi connectivity index (χ2v) is 9.56. The molecule has 0 aliphatic rings. The van der Waals surface area contributed by atoms with E-state index in [0.29, 0.717) is 21.5 Å². The van der Waals surface area contributed by atoms with Gasteiger partial charge in [-0.15, -0.1) is 0 Å². The number of rotatable bonds is 5. The molecule has 1 heterocycles. The first kappa shape index (κ1) is 21.2. The zero-order valence-corrected chi connectivity index (χ0v) is 17.2. The van der Waals surface area contributed by atoms with Crippen molar-refractivity contribution in [2.75, 3.05) is 6.66 Å². The van der Waals surface area contributed by atoms with Gasteiger partial charge in [-0.05, 0) is 47.5 Å². The average molecular weight is 438 g/mol. The van der Waals surface area contributed by atoms with E-state index in [1.807, 2.05) is 0 Å². The van der Waals surface area contributed by atoms with Crippen molar-refractivity contribution in [2.24, 2.45) is 7.05 Å². The van der Waals surface area contributed by atoms with E-state index in [-0.39, 0.29) is 0 Å². The Labute approximate surface area is 171 Å². The number of carbonyl (C=O) groups is 1. The highest BCUT2D eigenvalue weighted by Gasteiger charge is 2.36. The highest BCUT2D eigenvalue weighted by Crippen LogP contribution is 2.54. The molecule has 3 aromatic rings. The van der Waals surface area contributed by atoms with Crippen LogP contribution in [-0.2, 0) is 16.4 Å². The Balaban J connectivity index is 1.93. The number of halogens is 3. The molecule has 2 unspecified atom stereocenters. The van der Waals surface area contributed by atoms with Crippen molar-refractivity contribution in [3.8, 4) is 0 Å². The Morgan fingerprint density at radius 1 is 1.24 bits per heavy atom. The minimum Gasteiger partial charge on any atom is -0.350 e. The van der Waals surface area contributed by atoms with Crippen molar-refractivity contribution in [3.63, 3.8) is 0 Å². The lowest BCUT2D eigenvalue weighted by Gasteiger charge is -2.18. The number of amides is 1. The van der Waals surface area contributed by atoms with Crippen LogP contribution in [0.4, 0.5) is 8.78 Å². The van der Waals surface area contributed by atoms with Gasteiger partial charge in [-0.25, -0.2) is 8.78 Å². The molecular formula is C20H18ClF2N2O3P. The topological polar surface area (TPSA) is 71.3 Å². The van der Waals surface area contributed by atoms with Gasteiger partial charge in [-0.2, -0.15) is 0 Å². The number of aryl methyl sites for hydroxylation is 1. The Morgan fingerprint density at radius 2 is 1.97 bits per heavy atom. The van der Waals surface area contributed by atoms with Gasteiger partial charge in [0.2, 0.25) is 13.3 Å². The second-order valence-electron chi connectivity index (χ2n) is 6.72. The highest BCUT2D eigenvalue weighted by molar-refractivity contribution is 7.58. The van der Waals surface area contributed by atoms with Crippen LogP contribution in [-0.4, -0.2) is 22.0 Å². The predicted molar refractivity (Wildman–Crippen MR) is 110 cm³/mol. The smallest absolute Gasteiger partial charge is 0.241 e. The molecule has 9 heteroatoms. The van der Waals surface area contributed by atoms with E-state index >= 15 is 0 Å². The molecule has 5 nitrogen and oxygen atoms in total. The number of carbonyl (C=O) groups excluding carboxylic acids is 1. The molecule has 0 radical (unpaired) electrons. The van der Waals surface area contributed by atoms with Crippen molar-refractivity contribution < 1.29 is 23.0 Å². The minimum absolute atomic E-state index is 0.321. The maximum absolute atomic E-state index is 13.3. The van der Waals surface area contributed by atoms with Crippen LogP contribution in [0.2, 0.25) is 5.02 Å². The fraction of sp³-hybridized carbons (Fsp3) is 0.150. The number of benzene rings is 2. The molecule has 0 aliphatic carbocycles. The molecule has 0 saturated heterocycles. The van der Waals surface area contributed by atoms with Crippen molar-refractivity contribution in [1.29, 1.82) is 0 Å². The summed E-state index contributed by atoms with van der Waals surface area (Å²) in [6, 6.07) is 8.36. The van der Waals surface area contributed by atoms with Crippen molar-refractivity contribution >= 4 is 41.9 Å². The van der Waals surface area contributed by atoms with E-state index in [1.165, 1.54) is 18.3 Å². The summed E-state index contributed by atoms with van der Waals surface area (Å²) in [7, 11) is -2.14. The van der Waals surface area contributed by atoms with Gasteiger partial charge >= 0.3 is 0 Å². The van der Waals surface area contributed by atoms with Gasteiger partial charge in [0.1, 0.15) is 5.66 Å². The molecule has 0 spiro atoms. The van der Waals surface area contributed by atoms with Gasteiger partial charge in [0.25, 0.3) is 0 Å². The third-order valence-corrected chi connectivity index (χ3v) is 6.16. The Bertz CT molecular complexity index is 1170. The van der Waals surface area contributed by atoms with Crippen LogP contribution in [0, 0.1) is 11.6 Å². The minimum atomic E-state index is -3.90. The molecule has 2 atom stereocenters. The Hall–Kier alpha value is -2.47. The van der Waals surface area contributed by atoms with E-state index in [9.17, 15) is 23.0 Å². The van der Waals surface area contributed by atoms with E-state index in [1.54, 1.807) is 36.0 Å². The molecule has 0 aliphatic heterocycles. The van der Waals surface area contributed by atoms with Gasteiger partial charge in [0.15, 0.2) is 11.6 Å². The standard InChI is InChI=1S/C20H18ClF2N2O3P/c1-25-11-15(14-10-13(21)4-6-18(14)25)19(29(2,27)28)20(26)24-8-7-12-3-5-16(22)17(23)9-12/h3-11,19H,1-2H3,(H,24,26)(H,27,28)/b8-7+/i22-1.